The number of hydrogen-bond donors (Lipinski definition) is 4. The van der Waals surface area contributed by atoms with E-state index in [1.165, 1.54) is 6.07 Å². The van der Waals surface area contributed by atoms with Crippen molar-refractivity contribution in [2.24, 2.45) is 0 Å². The molecule has 1 atom stereocenters. The van der Waals surface area contributed by atoms with Gasteiger partial charge in [-0.15, -0.1) is 0 Å². The van der Waals surface area contributed by atoms with Gasteiger partial charge in [-0.2, -0.15) is 0 Å². The minimum absolute atomic E-state index is 0.189. The molecular weight excluding hydrogens is 330 g/mol. The molecule has 128 valence electrons. The summed E-state index contributed by atoms with van der Waals surface area (Å²) in [6.45, 7) is 3.41. The summed E-state index contributed by atoms with van der Waals surface area (Å²) < 4.78 is 0. The normalized spacial score (nSPS) is 13.2. The molecule has 0 aliphatic heterocycles. The number of carbonyl (C=O) groups excluding carboxylic acids is 2. The minimum atomic E-state index is -0.736. The summed E-state index contributed by atoms with van der Waals surface area (Å²) in [6, 6.07) is 7.52. The van der Waals surface area contributed by atoms with Crippen LogP contribution < -0.4 is 10.6 Å². The lowest BCUT2D eigenvalue weighted by Crippen LogP contribution is -2.50. The second-order valence-corrected chi connectivity index (χ2v) is 6.19. The standard InChI is InChI=1S/C17H20ClN3O3/c1-3-17(2,10-22)21-16(24)20-13-7-6-11(18)9-12(13)15(23)14-5-4-8-19-14/h4-9,19,22H,3,10H2,1-2H3,(H2,20,21,24). The van der Waals surface area contributed by atoms with Crippen LogP contribution in [-0.2, 0) is 0 Å². The third-order valence-corrected chi connectivity index (χ3v) is 4.10. The molecule has 2 aromatic rings. The first kappa shape index (κ1) is 18.0. The maximum Gasteiger partial charge on any atom is 0.319 e. The number of aliphatic hydroxyl groups excluding tert-OH is 1. The fraction of sp³-hybridized carbons (Fsp3) is 0.294. The molecule has 24 heavy (non-hydrogen) atoms. The Morgan fingerprint density at radius 2 is 2.08 bits per heavy atom. The van der Waals surface area contributed by atoms with E-state index < -0.39 is 11.6 Å². The number of rotatable bonds is 6. The Kier molecular flexibility index (Phi) is 5.64. The van der Waals surface area contributed by atoms with E-state index >= 15 is 0 Å². The fourth-order valence-corrected chi connectivity index (χ4v) is 2.27. The van der Waals surface area contributed by atoms with Gasteiger partial charge in [0, 0.05) is 16.8 Å². The zero-order chi connectivity index (χ0) is 17.7. The van der Waals surface area contributed by atoms with Gasteiger partial charge in [0.25, 0.3) is 0 Å². The summed E-state index contributed by atoms with van der Waals surface area (Å²) in [7, 11) is 0. The number of hydrogen-bond acceptors (Lipinski definition) is 3. The number of aromatic nitrogens is 1. The van der Waals surface area contributed by atoms with E-state index in [1.807, 2.05) is 6.92 Å². The van der Waals surface area contributed by atoms with Crippen LogP contribution in [0.1, 0.15) is 36.3 Å². The molecule has 2 rings (SSSR count). The van der Waals surface area contributed by atoms with E-state index in [1.54, 1.807) is 37.4 Å². The van der Waals surface area contributed by atoms with E-state index in [4.69, 9.17) is 11.6 Å². The number of ketones is 1. The molecule has 0 aliphatic carbocycles. The number of urea groups is 1. The number of benzene rings is 1. The summed E-state index contributed by atoms with van der Waals surface area (Å²) in [5.41, 5.74) is 0.282. The Hall–Kier alpha value is -2.31. The summed E-state index contributed by atoms with van der Waals surface area (Å²) in [5.74, 6) is -0.279. The molecule has 0 bridgehead atoms. The minimum Gasteiger partial charge on any atom is -0.394 e. The van der Waals surface area contributed by atoms with Crippen LogP contribution in [0.2, 0.25) is 5.02 Å². The zero-order valence-corrected chi connectivity index (χ0v) is 14.3. The first-order valence-electron chi connectivity index (χ1n) is 7.56. The Morgan fingerprint density at radius 3 is 2.67 bits per heavy atom. The Morgan fingerprint density at radius 1 is 1.33 bits per heavy atom. The second-order valence-electron chi connectivity index (χ2n) is 5.75. The van der Waals surface area contributed by atoms with E-state index in [2.05, 4.69) is 15.6 Å². The van der Waals surface area contributed by atoms with Gasteiger partial charge < -0.3 is 20.7 Å². The van der Waals surface area contributed by atoms with Crippen molar-refractivity contribution in [3.63, 3.8) is 0 Å². The van der Waals surface area contributed by atoms with Crippen molar-refractivity contribution in [2.45, 2.75) is 25.8 Å². The van der Waals surface area contributed by atoms with Crippen LogP contribution in [0.25, 0.3) is 0 Å². The van der Waals surface area contributed by atoms with Gasteiger partial charge in [-0.1, -0.05) is 18.5 Å². The van der Waals surface area contributed by atoms with Crippen molar-refractivity contribution in [1.29, 1.82) is 0 Å². The molecule has 0 aliphatic rings. The van der Waals surface area contributed by atoms with Crippen LogP contribution in [0, 0.1) is 0 Å². The van der Waals surface area contributed by atoms with Gasteiger partial charge in [0.1, 0.15) is 0 Å². The predicted octanol–water partition coefficient (Wildman–Crippen LogP) is 3.18. The smallest absolute Gasteiger partial charge is 0.319 e. The van der Waals surface area contributed by atoms with Crippen molar-refractivity contribution in [3.8, 4) is 0 Å². The van der Waals surface area contributed by atoms with E-state index in [9.17, 15) is 14.7 Å². The lowest BCUT2D eigenvalue weighted by Gasteiger charge is -2.27. The zero-order valence-electron chi connectivity index (χ0n) is 13.5. The highest BCUT2D eigenvalue weighted by molar-refractivity contribution is 6.31. The molecule has 7 heteroatoms. The van der Waals surface area contributed by atoms with Gasteiger partial charge >= 0.3 is 6.03 Å². The molecular formula is C17H20ClN3O3. The Labute approximate surface area is 145 Å². The maximum atomic E-state index is 12.6. The number of aliphatic hydroxyl groups is 1. The molecule has 2 amide bonds. The van der Waals surface area contributed by atoms with Crippen molar-refractivity contribution in [3.05, 3.63) is 52.8 Å². The van der Waals surface area contributed by atoms with Crippen molar-refractivity contribution in [2.75, 3.05) is 11.9 Å². The monoisotopic (exact) mass is 349 g/mol. The van der Waals surface area contributed by atoms with Crippen LogP contribution in [0.4, 0.5) is 10.5 Å². The average Bonchev–Trinajstić information content (AvgIpc) is 3.10. The molecule has 0 radical (unpaired) electrons. The summed E-state index contributed by atoms with van der Waals surface area (Å²) in [6.07, 6.45) is 2.21. The average molecular weight is 350 g/mol. The fourth-order valence-electron chi connectivity index (χ4n) is 2.10. The topological polar surface area (TPSA) is 94.2 Å². The van der Waals surface area contributed by atoms with E-state index in [0.29, 0.717) is 22.8 Å². The van der Waals surface area contributed by atoms with Crippen LogP contribution in [0.15, 0.2) is 36.5 Å². The number of carbonyl (C=O) groups is 2. The van der Waals surface area contributed by atoms with E-state index in [-0.39, 0.29) is 18.0 Å². The SMILES string of the molecule is CCC(C)(CO)NC(=O)Nc1ccc(Cl)cc1C(=O)c1ccc[nH]1. The summed E-state index contributed by atoms with van der Waals surface area (Å²) in [4.78, 5) is 27.6. The van der Waals surface area contributed by atoms with Crippen LogP contribution in [0.5, 0.6) is 0 Å². The van der Waals surface area contributed by atoms with Crippen molar-refractivity contribution in [1.82, 2.24) is 10.3 Å². The number of H-pyrrole nitrogens is 1. The van der Waals surface area contributed by atoms with Crippen LogP contribution in [-0.4, -0.2) is 34.1 Å². The molecule has 1 aromatic carbocycles. The van der Waals surface area contributed by atoms with Gasteiger partial charge in [-0.25, -0.2) is 4.79 Å². The highest BCUT2D eigenvalue weighted by atomic mass is 35.5. The largest absolute Gasteiger partial charge is 0.394 e. The van der Waals surface area contributed by atoms with E-state index in [0.717, 1.165) is 0 Å². The van der Waals surface area contributed by atoms with Crippen molar-refractivity contribution < 1.29 is 14.7 Å². The molecule has 6 nitrogen and oxygen atoms in total. The molecule has 0 saturated heterocycles. The number of nitrogens with one attached hydrogen (secondary N) is 3. The summed E-state index contributed by atoms with van der Waals surface area (Å²) in [5, 5.41) is 15.1. The molecule has 0 saturated carbocycles. The maximum absolute atomic E-state index is 12.6. The third-order valence-electron chi connectivity index (χ3n) is 3.86. The lowest BCUT2D eigenvalue weighted by atomic mass is 10.0. The Balaban J connectivity index is 2.25. The number of anilines is 1. The van der Waals surface area contributed by atoms with Gasteiger partial charge in [0.15, 0.2) is 0 Å². The number of aromatic amines is 1. The van der Waals surface area contributed by atoms with Crippen LogP contribution >= 0.6 is 11.6 Å². The van der Waals surface area contributed by atoms with Gasteiger partial charge in [-0.3, -0.25) is 4.79 Å². The lowest BCUT2D eigenvalue weighted by molar-refractivity contribution is 0.103. The van der Waals surface area contributed by atoms with Gasteiger partial charge in [0.2, 0.25) is 5.78 Å². The van der Waals surface area contributed by atoms with Crippen molar-refractivity contribution >= 4 is 29.1 Å². The van der Waals surface area contributed by atoms with Gasteiger partial charge in [0.05, 0.1) is 23.5 Å². The Bertz CT molecular complexity index is 725. The highest BCUT2D eigenvalue weighted by Crippen LogP contribution is 2.23. The molecule has 1 unspecified atom stereocenters. The molecule has 4 N–H and O–H groups in total. The quantitative estimate of drug-likeness (QED) is 0.603. The molecule has 1 heterocycles. The first-order valence-corrected chi connectivity index (χ1v) is 7.94. The summed E-state index contributed by atoms with van der Waals surface area (Å²) >= 11 is 5.99. The number of amides is 2. The molecule has 1 aromatic heterocycles. The predicted molar refractivity (Wildman–Crippen MR) is 93.6 cm³/mol. The molecule has 0 fully saturated rings. The third kappa shape index (κ3) is 4.15. The second kappa shape index (κ2) is 7.51. The van der Waals surface area contributed by atoms with Crippen LogP contribution in [0.3, 0.4) is 0 Å². The highest BCUT2D eigenvalue weighted by Gasteiger charge is 2.24. The molecule has 0 spiro atoms. The first-order chi connectivity index (χ1) is 11.4. The van der Waals surface area contributed by atoms with Gasteiger partial charge in [-0.05, 0) is 43.7 Å². The number of halogens is 1.